The average Bonchev–Trinajstić information content (AvgIpc) is 2.22. The normalized spacial score (nSPS) is 15.6. The topological polar surface area (TPSA) is 17.1 Å². The highest BCUT2D eigenvalue weighted by Gasteiger charge is 2.75. The van der Waals surface area contributed by atoms with E-state index >= 15 is 0 Å². The van der Waals surface area contributed by atoms with E-state index in [0.29, 0.717) is 0 Å². The van der Waals surface area contributed by atoms with E-state index in [4.69, 9.17) is 0 Å². The van der Waals surface area contributed by atoms with E-state index < -0.39 is 54.7 Å². The molecule has 0 aliphatic heterocycles. The van der Waals surface area contributed by atoms with E-state index in [2.05, 4.69) is 0 Å². The van der Waals surface area contributed by atoms with Gasteiger partial charge in [0.05, 0.1) is 12.8 Å². The van der Waals surface area contributed by atoms with Crippen LogP contribution in [-0.2, 0) is 4.79 Å². The van der Waals surface area contributed by atoms with Crippen molar-refractivity contribution in [1.82, 2.24) is 0 Å². The maximum absolute atomic E-state index is 12.7. The third kappa shape index (κ3) is 4.02. The molecule has 0 saturated heterocycles. The lowest BCUT2D eigenvalue weighted by molar-refractivity contribution is -0.357. The predicted octanol–water partition coefficient (Wildman–Crippen LogP) is 5.00. The largest absolute Gasteiger partial charge is 0.459 e. The van der Waals surface area contributed by atoms with Gasteiger partial charge in [-0.1, -0.05) is 0 Å². The van der Waals surface area contributed by atoms with Gasteiger partial charge in [-0.05, 0) is 0 Å². The lowest BCUT2D eigenvalue weighted by atomic mass is 9.98. The van der Waals surface area contributed by atoms with Crippen molar-refractivity contribution in [2.45, 2.75) is 48.9 Å². The minimum absolute atomic E-state index is 3.06. The molecule has 0 aliphatic carbocycles. The molecule has 144 valence electrons. The molecule has 0 saturated carbocycles. The Labute approximate surface area is 122 Å². The Bertz CT molecular complexity index is 428. The number of alkyl halides is 14. The third-order valence-corrected chi connectivity index (χ3v) is 2.47. The molecule has 15 heteroatoms. The van der Waals surface area contributed by atoms with Gasteiger partial charge in [0.2, 0.25) is 0 Å². The highest BCUT2D eigenvalue weighted by molar-refractivity contribution is 5.80. The first-order chi connectivity index (χ1) is 10.1. The molecule has 0 aromatic heterocycles. The molecule has 0 heterocycles. The van der Waals surface area contributed by atoms with Crippen LogP contribution < -0.4 is 0 Å². The molecule has 0 radical (unpaired) electrons. The van der Waals surface area contributed by atoms with Gasteiger partial charge < -0.3 is 0 Å². The molecule has 0 amide bonds. The third-order valence-electron chi connectivity index (χ3n) is 2.47. The predicted molar refractivity (Wildman–Crippen MR) is 46.1 cm³/mol. The number of carbonyl (C=O) groups excluding carboxylic acids is 1. The highest BCUT2D eigenvalue weighted by atomic mass is 19.4. The van der Waals surface area contributed by atoms with Crippen LogP contribution in [0.25, 0.3) is 0 Å². The smallest absolute Gasteiger partial charge is 0.299 e. The number of Topliss-reactive ketones (excluding diaryl/α,β-unsaturated/α-hetero) is 1. The highest BCUT2D eigenvalue weighted by Crippen LogP contribution is 2.50. The monoisotopic (exact) mass is 394 g/mol. The minimum atomic E-state index is -6.94. The summed E-state index contributed by atoms with van der Waals surface area (Å²) in [5.74, 6) is -29.6. The Morgan fingerprint density at radius 2 is 0.708 bits per heavy atom. The molecule has 0 spiro atoms. The maximum atomic E-state index is 12.7. The van der Waals surface area contributed by atoms with Crippen LogP contribution in [0.1, 0.15) is 12.8 Å². The van der Waals surface area contributed by atoms with Crippen molar-refractivity contribution >= 4 is 5.78 Å². The quantitative estimate of drug-likeness (QED) is 0.580. The average molecular weight is 394 g/mol. The minimum Gasteiger partial charge on any atom is -0.299 e. The molecular formula is C9H4F14O. The van der Waals surface area contributed by atoms with E-state index in [-0.39, 0.29) is 0 Å². The Morgan fingerprint density at radius 3 is 0.875 bits per heavy atom. The van der Waals surface area contributed by atoms with E-state index in [1.54, 1.807) is 0 Å². The molecule has 0 bridgehead atoms. The molecule has 24 heavy (non-hydrogen) atoms. The van der Waals surface area contributed by atoms with Gasteiger partial charge in [0, 0.05) is 0 Å². The summed E-state index contributed by atoms with van der Waals surface area (Å²) in [6.07, 6.45) is -20.5. The Morgan fingerprint density at radius 1 is 0.500 bits per heavy atom. The van der Waals surface area contributed by atoms with Crippen LogP contribution in [0.15, 0.2) is 0 Å². The van der Waals surface area contributed by atoms with Gasteiger partial charge in [-0.3, -0.25) is 4.79 Å². The molecule has 0 aromatic carbocycles. The van der Waals surface area contributed by atoms with Crippen molar-refractivity contribution in [2.24, 2.45) is 0 Å². The second-order valence-corrected chi connectivity index (χ2v) is 4.45. The fourth-order valence-corrected chi connectivity index (χ4v) is 1.19. The number of carbonyl (C=O) groups is 1. The van der Waals surface area contributed by atoms with Crippen LogP contribution in [0.3, 0.4) is 0 Å². The van der Waals surface area contributed by atoms with E-state index in [1.807, 2.05) is 0 Å². The second kappa shape index (κ2) is 5.89. The Hall–Kier alpha value is -1.31. The molecule has 0 atom stereocenters. The van der Waals surface area contributed by atoms with Gasteiger partial charge in [-0.25, -0.2) is 0 Å². The number of hydrogen-bond acceptors (Lipinski definition) is 1. The molecule has 0 unspecified atom stereocenters. The number of halogens is 14. The van der Waals surface area contributed by atoms with E-state index in [9.17, 15) is 66.3 Å². The fourth-order valence-electron chi connectivity index (χ4n) is 1.19. The van der Waals surface area contributed by atoms with Crippen LogP contribution in [0, 0.1) is 0 Å². The van der Waals surface area contributed by atoms with Gasteiger partial charge in [0.1, 0.15) is 5.78 Å². The van der Waals surface area contributed by atoms with Crippen LogP contribution in [-0.4, -0.2) is 41.8 Å². The molecule has 0 aromatic rings. The summed E-state index contributed by atoms with van der Waals surface area (Å²) in [6, 6.07) is 0. The molecular weight excluding hydrogens is 390 g/mol. The summed E-state index contributed by atoms with van der Waals surface area (Å²) in [7, 11) is 0. The molecule has 0 rings (SSSR count). The zero-order valence-corrected chi connectivity index (χ0v) is 10.6. The second-order valence-electron chi connectivity index (χ2n) is 4.45. The SMILES string of the molecule is O=C(CC(F)(F)C(F)(F)C(F)(F)F)CC(F)(F)C(F)(F)C(F)(F)F. The van der Waals surface area contributed by atoms with Gasteiger partial charge in [0.15, 0.2) is 0 Å². The summed E-state index contributed by atoms with van der Waals surface area (Å²) >= 11 is 0. The molecule has 0 aliphatic rings. The van der Waals surface area contributed by atoms with Crippen LogP contribution >= 0.6 is 0 Å². The summed E-state index contributed by atoms with van der Waals surface area (Å²) in [5.41, 5.74) is 0. The number of hydrogen-bond donors (Lipinski definition) is 0. The van der Waals surface area contributed by atoms with Gasteiger partial charge >= 0.3 is 36.0 Å². The Kier molecular flexibility index (Phi) is 5.57. The molecule has 0 N–H and O–H groups in total. The van der Waals surface area contributed by atoms with Gasteiger partial charge in [-0.15, -0.1) is 0 Å². The van der Waals surface area contributed by atoms with Crippen LogP contribution in [0.2, 0.25) is 0 Å². The summed E-state index contributed by atoms with van der Waals surface area (Å²) in [5, 5.41) is 0. The van der Waals surface area contributed by atoms with Crippen molar-refractivity contribution in [1.29, 1.82) is 0 Å². The van der Waals surface area contributed by atoms with E-state index in [0.717, 1.165) is 0 Å². The van der Waals surface area contributed by atoms with Crippen LogP contribution in [0.4, 0.5) is 61.5 Å². The molecule has 0 fully saturated rings. The maximum Gasteiger partial charge on any atom is 0.459 e. The van der Waals surface area contributed by atoms with E-state index in [1.165, 1.54) is 0 Å². The van der Waals surface area contributed by atoms with Crippen LogP contribution in [0.5, 0.6) is 0 Å². The lowest BCUT2D eigenvalue weighted by Gasteiger charge is -2.30. The number of ketones is 1. The van der Waals surface area contributed by atoms with Gasteiger partial charge in [0.25, 0.3) is 0 Å². The first kappa shape index (κ1) is 22.7. The first-order valence-corrected chi connectivity index (χ1v) is 5.26. The van der Waals surface area contributed by atoms with Crippen molar-refractivity contribution in [3.05, 3.63) is 0 Å². The standard InChI is InChI=1S/C9H4F14O/c10-4(11,6(14,15)8(18,19)20)1-3(24)2-5(12,13)7(16,17)9(21,22)23/h1-2H2. The Balaban J connectivity index is 5.36. The summed E-state index contributed by atoms with van der Waals surface area (Å²) in [4.78, 5) is 10.7. The number of rotatable bonds is 6. The zero-order valence-electron chi connectivity index (χ0n) is 10.6. The van der Waals surface area contributed by atoms with Crippen molar-refractivity contribution in [3.63, 3.8) is 0 Å². The first-order valence-electron chi connectivity index (χ1n) is 5.26. The molecule has 1 nitrogen and oxygen atoms in total. The van der Waals surface area contributed by atoms with Crippen molar-refractivity contribution < 1.29 is 66.3 Å². The lowest BCUT2D eigenvalue weighted by Crippen LogP contribution is -2.55. The summed E-state index contributed by atoms with van der Waals surface area (Å²) < 4.78 is 171. The van der Waals surface area contributed by atoms with Crippen molar-refractivity contribution in [2.75, 3.05) is 0 Å². The summed E-state index contributed by atoms with van der Waals surface area (Å²) in [6.45, 7) is 0. The zero-order chi connectivity index (χ0) is 20.0. The fraction of sp³-hybridized carbons (Fsp3) is 0.889. The van der Waals surface area contributed by atoms with Gasteiger partial charge in [-0.2, -0.15) is 61.5 Å². The van der Waals surface area contributed by atoms with Crippen molar-refractivity contribution in [3.8, 4) is 0 Å².